The van der Waals surface area contributed by atoms with Crippen LogP contribution in [0.25, 0.3) is 0 Å². The van der Waals surface area contributed by atoms with Gasteiger partial charge in [-0.25, -0.2) is 13.6 Å². The molecule has 1 rings (SSSR count). The number of rotatable bonds is 11. The van der Waals surface area contributed by atoms with E-state index in [-0.39, 0.29) is 17.9 Å². The number of alkyl halides is 1. The number of halogens is 3. The van der Waals surface area contributed by atoms with E-state index in [1.54, 1.807) is 20.8 Å². The monoisotopic (exact) mass is 580 g/mol. The number of hydrogen-bond acceptors (Lipinski definition) is 4. The summed E-state index contributed by atoms with van der Waals surface area (Å²) in [4.78, 5) is 40.2. The Morgan fingerprint density at radius 2 is 1.67 bits per heavy atom. The Labute approximate surface area is 209 Å². The van der Waals surface area contributed by atoms with Gasteiger partial charge in [0.15, 0.2) is 0 Å². The van der Waals surface area contributed by atoms with E-state index in [1.807, 2.05) is 13.8 Å². The van der Waals surface area contributed by atoms with Gasteiger partial charge < -0.3 is 15.0 Å². The van der Waals surface area contributed by atoms with Crippen LogP contribution in [-0.2, 0) is 25.5 Å². The molecule has 0 spiro atoms. The SMILES string of the molecule is CC(C)CC(C(=O)OC(C)(C)C)N(CCCI)C(=O)C(C)NC(=O)Cc1cc(F)cc(F)c1. The Morgan fingerprint density at radius 1 is 1.09 bits per heavy atom. The number of nitrogens with zero attached hydrogens (tertiary/aromatic N) is 1. The third-order valence-corrected chi connectivity index (χ3v) is 5.36. The Balaban J connectivity index is 3.03. The molecule has 0 aliphatic carbocycles. The van der Waals surface area contributed by atoms with E-state index in [1.165, 1.54) is 11.8 Å². The largest absolute Gasteiger partial charge is 0.458 e. The van der Waals surface area contributed by atoms with Crippen molar-refractivity contribution in [2.24, 2.45) is 5.92 Å². The average molecular weight is 580 g/mol. The minimum absolute atomic E-state index is 0.130. The number of carbonyl (C=O) groups excluding carboxylic acids is 3. The second kappa shape index (κ2) is 13.2. The average Bonchev–Trinajstić information content (AvgIpc) is 2.64. The van der Waals surface area contributed by atoms with E-state index in [2.05, 4.69) is 27.9 Å². The first-order valence-corrected chi connectivity index (χ1v) is 12.6. The van der Waals surface area contributed by atoms with Crippen LogP contribution in [0.2, 0.25) is 0 Å². The van der Waals surface area contributed by atoms with Gasteiger partial charge in [-0.15, -0.1) is 0 Å². The molecule has 0 aromatic heterocycles. The van der Waals surface area contributed by atoms with Crippen LogP contribution in [0.15, 0.2) is 18.2 Å². The van der Waals surface area contributed by atoms with Crippen LogP contribution < -0.4 is 5.32 Å². The molecule has 1 N–H and O–H groups in total. The van der Waals surface area contributed by atoms with Crippen molar-refractivity contribution >= 4 is 40.4 Å². The topological polar surface area (TPSA) is 75.7 Å². The maximum atomic E-state index is 13.4. The minimum Gasteiger partial charge on any atom is -0.458 e. The maximum absolute atomic E-state index is 13.4. The van der Waals surface area contributed by atoms with Gasteiger partial charge in [0.25, 0.3) is 0 Å². The fourth-order valence-corrected chi connectivity index (χ4v) is 3.66. The first-order valence-electron chi connectivity index (χ1n) is 11.1. The van der Waals surface area contributed by atoms with Gasteiger partial charge in [0.1, 0.15) is 29.3 Å². The lowest BCUT2D eigenvalue weighted by Gasteiger charge is -2.35. The lowest BCUT2D eigenvalue weighted by Crippen LogP contribution is -2.54. The minimum atomic E-state index is -0.929. The molecule has 186 valence electrons. The summed E-state index contributed by atoms with van der Waals surface area (Å²) in [7, 11) is 0. The molecule has 2 atom stereocenters. The molecule has 0 bridgehead atoms. The van der Waals surface area contributed by atoms with Crippen molar-refractivity contribution in [2.75, 3.05) is 11.0 Å². The van der Waals surface area contributed by atoms with Crippen molar-refractivity contribution in [1.29, 1.82) is 0 Å². The molecule has 2 unspecified atom stereocenters. The highest BCUT2D eigenvalue weighted by atomic mass is 127. The lowest BCUT2D eigenvalue weighted by atomic mass is 10.0. The van der Waals surface area contributed by atoms with Crippen molar-refractivity contribution in [3.05, 3.63) is 35.4 Å². The zero-order valence-electron chi connectivity index (χ0n) is 20.2. The number of ether oxygens (including phenoxy) is 1. The normalized spacial score (nSPS) is 13.4. The number of esters is 1. The molecule has 2 amide bonds. The maximum Gasteiger partial charge on any atom is 0.329 e. The van der Waals surface area contributed by atoms with Crippen LogP contribution >= 0.6 is 22.6 Å². The Bertz CT molecular complexity index is 807. The van der Waals surface area contributed by atoms with E-state index in [0.29, 0.717) is 19.4 Å². The van der Waals surface area contributed by atoms with Crippen LogP contribution in [0.3, 0.4) is 0 Å². The highest BCUT2D eigenvalue weighted by molar-refractivity contribution is 14.1. The molecular formula is C24H35F2IN2O4. The number of carbonyl (C=O) groups is 3. The quantitative estimate of drug-likeness (QED) is 0.239. The zero-order chi connectivity index (χ0) is 25.3. The smallest absolute Gasteiger partial charge is 0.329 e. The van der Waals surface area contributed by atoms with E-state index in [0.717, 1.165) is 22.6 Å². The van der Waals surface area contributed by atoms with E-state index >= 15 is 0 Å². The lowest BCUT2D eigenvalue weighted by molar-refractivity contribution is -0.166. The summed E-state index contributed by atoms with van der Waals surface area (Å²) in [6.07, 6.45) is 0.819. The van der Waals surface area contributed by atoms with Gasteiger partial charge in [-0.3, -0.25) is 9.59 Å². The van der Waals surface area contributed by atoms with E-state index in [4.69, 9.17) is 4.74 Å². The van der Waals surface area contributed by atoms with Crippen LogP contribution in [0.4, 0.5) is 8.78 Å². The van der Waals surface area contributed by atoms with Gasteiger partial charge in [-0.2, -0.15) is 0 Å². The fraction of sp³-hybridized carbons (Fsp3) is 0.625. The van der Waals surface area contributed by atoms with Crippen molar-refractivity contribution in [3.8, 4) is 0 Å². The van der Waals surface area contributed by atoms with Crippen molar-refractivity contribution in [2.45, 2.75) is 78.5 Å². The molecule has 0 radical (unpaired) electrons. The number of nitrogens with one attached hydrogen (secondary N) is 1. The Hall–Kier alpha value is -1.78. The molecule has 0 heterocycles. The van der Waals surface area contributed by atoms with E-state index in [9.17, 15) is 23.2 Å². The Kier molecular flexibility index (Phi) is 11.7. The molecule has 0 aliphatic rings. The summed E-state index contributed by atoms with van der Waals surface area (Å²) in [5.41, 5.74) is -0.539. The molecule has 6 nitrogen and oxygen atoms in total. The van der Waals surface area contributed by atoms with Gasteiger partial charge >= 0.3 is 5.97 Å². The van der Waals surface area contributed by atoms with Gasteiger partial charge in [0, 0.05) is 17.0 Å². The molecule has 33 heavy (non-hydrogen) atoms. The molecule has 0 aliphatic heterocycles. The van der Waals surface area contributed by atoms with Gasteiger partial charge in [0.05, 0.1) is 6.42 Å². The highest BCUT2D eigenvalue weighted by Gasteiger charge is 2.35. The second-order valence-electron chi connectivity index (χ2n) is 9.50. The predicted octanol–water partition coefficient (Wildman–Crippen LogP) is 4.42. The van der Waals surface area contributed by atoms with Gasteiger partial charge in [-0.05, 0) is 64.2 Å². The molecule has 9 heteroatoms. The van der Waals surface area contributed by atoms with Crippen molar-refractivity contribution in [1.82, 2.24) is 10.2 Å². The van der Waals surface area contributed by atoms with Crippen LogP contribution in [-0.4, -0.2) is 51.3 Å². The Morgan fingerprint density at radius 3 is 2.15 bits per heavy atom. The molecule has 0 saturated heterocycles. The zero-order valence-corrected chi connectivity index (χ0v) is 22.4. The molecular weight excluding hydrogens is 545 g/mol. The molecule has 0 fully saturated rings. The summed E-state index contributed by atoms with van der Waals surface area (Å²) >= 11 is 2.20. The summed E-state index contributed by atoms with van der Waals surface area (Å²) in [5.74, 6) is -2.86. The predicted molar refractivity (Wildman–Crippen MR) is 132 cm³/mol. The second-order valence-corrected chi connectivity index (χ2v) is 10.6. The van der Waals surface area contributed by atoms with Crippen LogP contribution in [0.5, 0.6) is 0 Å². The number of amides is 2. The van der Waals surface area contributed by atoms with Crippen LogP contribution in [0, 0.1) is 17.6 Å². The summed E-state index contributed by atoms with van der Waals surface area (Å²) in [6, 6.07) is 1.16. The van der Waals surface area contributed by atoms with Crippen molar-refractivity contribution < 1.29 is 27.9 Å². The summed E-state index contributed by atoms with van der Waals surface area (Å²) < 4.78 is 33.2. The molecule has 1 aromatic rings. The number of benzene rings is 1. The summed E-state index contributed by atoms with van der Waals surface area (Å²) in [6.45, 7) is 11.1. The van der Waals surface area contributed by atoms with E-state index < -0.39 is 47.1 Å². The fourth-order valence-electron chi connectivity index (χ4n) is 3.32. The standard InChI is InChI=1S/C24H35F2IN2O4/c1-15(2)10-20(23(32)33-24(4,5)6)29(9-7-8-27)22(31)16(3)28-21(30)13-17-11-18(25)14-19(26)12-17/h11-12,14-16,20H,7-10,13H2,1-6H3,(H,28,30). The number of hydrogen-bond donors (Lipinski definition) is 1. The molecule has 1 aromatic carbocycles. The molecule has 0 saturated carbocycles. The summed E-state index contributed by atoms with van der Waals surface area (Å²) in [5, 5.41) is 2.59. The van der Waals surface area contributed by atoms with Gasteiger partial charge in [-0.1, -0.05) is 36.4 Å². The third-order valence-electron chi connectivity index (χ3n) is 4.60. The first kappa shape index (κ1) is 29.3. The van der Waals surface area contributed by atoms with Crippen LogP contribution in [0.1, 0.15) is 59.9 Å². The van der Waals surface area contributed by atoms with Crippen molar-refractivity contribution in [3.63, 3.8) is 0 Å². The highest BCUT2D eigenvalue weighted by Crippen LogP contribution is 2.19. The third kappa shape index (κ3) is 10.8. The van der Waals surface area contributed by atoms with Gasteiger partial charge in [0.2, 0.25) is 11.8 Å². The first-order chi connectivity index (χ1) is 15.2.